The van der Waals surface area contributed by atoms with Crippen molar-refractivity contribution in [2.45, 2.75) is 36.3 Å². The second kappa shape index (κ2) is 10.4. The number of carbonyl (C=O) groups excluding carboxylic acids is 2. The maximum absolute atomic E-state index is 13.4. The molecule has 1 fully saturated rings. The van der Waals surface area contributed by atoms with E-state index in [0.717, 1.165) is 4.90 Å². The predicted molar refractivity (Wildman–Crippen MR) is 149 cm³/mol. The monoisotopic (exact) mass is 581 g/mol. The average Bonchev–Trinajstić information content (AvgIpc) is 3.10. The van der Waals surface area contributed by atoms with Gasteiger partial charge in [-0.1, -0.05) is 24.3 Å². The SMILES string of the molecule is CC1(C)C(=O)N(c2ccc(SC(F)(F)F)cc2)C(=O)N1Cc1cccc(Nc2c(Nc3ccccc3)c(=O)c2=O)n1. The molecule has 13 heteroatoms. The number of alkyl halides is 3. The third-order valence-corrected chi connectivity index (χ3v) is 7.22. The normalized spacial score (nSPS) is 15.0. The lowest BCUT2D eigenvalue weighted by molar-refractivity contribution is -0.123. The first kappa shape index (κ1) is 27.9. The molecule has 0 aliphatic carbocycles. The Bertz CT molecular complexity index is 1700. The molecule has 0 saturated carbocycles. The fraction of sp³-hybridized carbons (Fsp3) is 0.179. The van der Waals surface area contributed by atoms with Gasteiger partial charge in [0.2, 0.25) is 0 Å². The van der Waals surface area contributed by atoms with Crippen molar-refractivity contribution in [2.24, 2.45) is 0 Å². The molecule has 0 bridgehead atoms. The molecule has 2 N–H and O–H groups in total. The summed E-state index contributed by atoms with van der Waals surface area (Å²) in [5.41, 5.74) is -5.81. The Hall–Kier alpha value is -4.65. The van der Waals surface area contributed by atoms with Crippen molar-refractivity contribution in [1.29, 1.82) is 0 Å². The Labute approximate surface area is 235 Å². The first-order valence-electron chi connectivity index (χ1n) is 12.3. The number of hydrogen-bond acceptors (Lipinski definition) is 8. The lowest BCUT2D eigenvalue weighted by Crippen LogP contribution is -2.43. The highest BCUT2D eigenvalue weighted by Gasteiger charge is 2.52. The van der Waals surface area contributed by atoms with E-state index in [1.54, 1.807) is 56.3 Å². The Morgan fingerprint density at radius 3 is 2.10 bits per heavy atom. The molecule has 1 aliphatic heterocycles. The van der Waals surface area contributed by atoms with Crippen molar-refractivity contribution in [3.8, 4) is 0 Å². The summed E-state index contributed by atoms with van der Waals surface area (Å²) >= 11 is -0.292. The number of urea groups is 1. The Morgan fingerprint density at radius 1 is 0.829 bits per heavy atom. The number of benzene rings is 2. The molecule has 2 heterocycles. The quantitative estimate of drug-likeness (QED) is 0.159. The third-order valence-electron chi connectivity index (χ3n) is 6.49. The topological polar surface area (TPSA) is 112 Å². The standard InChI is InChI=1S/C28H22F3N5O4S/c1-27(2)25(39)36(18-11-13-19(14-12-18)41-28(29,30)31)26(40)35(27)15-17-9-6-10-20(32-17)34-22-21(23(37)24(22)38)33-16-7-4-3-5-8-16/h3-14,33H,15H2,1-2H3,(H,32,34). The maximum Gasteiger partial charge on any atom is 0.446 e. The number of pyridine rings is 1. The number of nitrogens with zero attached hydrogens (tertiary/aromatic N) is 3. The first-order valence-corrected chi connectivity index (χ1v) is 13.1. The van der Waals surface area contributed by atoms with E-state index in [4.69, 9.17) is 0 Å². The van der Waals surface area contributed by atoms with Crippen molar-refractivity contribution in [3.05, 3.63) is 98.9 Å². The molecule has 3 amide bonds. The number of aromatic nitrogens is 1. The van der Waals surface area contributed by atoms with Crippen LogP contribution in [0.25, 0.3) is 0 Å². The minimum Gasteiger partial charge on any atom is -0.350 e. The molecular weight excluding hydrogens is 559 g/mol. The third kappa shape index (κ3) is 5.53. The van der Waals surface area contributed by atoms with Crippen molar-refractivity contribution >= 4 is 52.3 Å². The van der Waals surface area contributed by atoms with Crippen molar-refractivity contribution in [2.75, 3.05) is 15.5 Å². The zero-order valence-corrected chi connectivity index (χ0v) is 22.5. The highest BCUT2D eigenvalue weighted by atomic mass is 32.2. The van der Waals surface area contributed by atoms with Crippen LogP contribution in [0.2, 0.25) is 0 Å². The number of halogens is 3. The van der Waals surface area contributed by atoms with Crippen LogP contribution in [0.4, 0.5) is 46.5 Å². The summed E-state index contributed by atoms with van der Waals surface area (Å²) in [6, 6.07) is 18.0. The molecule has 210 valence electrons. The summed E-state index contributed by atoms with van der Waals surface area (Å²) in [4.78, 5) is 57.6. The number of thioether (sulfide) groups is 1. The second-order valence-corrected chi connectivity index (χ2v) is 10.8. The molecule has 0 unspecified atom stereocenters. The number of imide groups is 1. The molecule has 0 spiro atoms. The van der Waals surface area contributed by atoms with Crippen molar-refractivity contribution < 1.29 is 22.8 Å². The number of rotatable bonds is 8. The average molecular weight is 582 g/mol. The van der Waals surface area contributed by atoms with E-state index in [1.165, 1.54) is 29.2 Å². The van der Waals surface area contributed by atoms with Gasteiger partial charge in [-0.05, 0) is 74.1 Å². The minimum absolute atomic E-state index is 0.0505. The second-order valence-electron chi connectivity index (χ2n) is 9.65. The molecule has 1 saturated heterocycles. The smallest absolute Gasteiger partial charge is 0.350 e. The first-order chi connectivity index (χ1) is 19.3. The fourth-order valence-corrected chi connectivity index (χ4v) is 4.89. The van der Waals surface area contributed by atoms with Crippen molar-refractivity contribution in [3.63, 3.8) is 0 Å². The van der Waals surface area contributed by atoms with Crippen LogP contribution in [-0.4, -0.2) is 32.9 Å². The highest BCUT2D eigenvalue weighted by molar-refractivity contribution is 8.00. The molecule has 0 atom stereocenters. The molecular formula is C28H22F3N5O4S. The molecule has 1 aromatic heterocycles. The van der Waals surface area contributed by atoms with Crippen LogP contribution in [0.15, 0.2) is 87.3 Å². The highest BCUT2D eigenvalue weighted by Crippen LogP contribution is 2.39. The van der Waals surface area contributed by atoms with Crippen LogP contribution in [-0.2, 0) is 11.3 Å². The summed E-state index contributed by atoms with van der Waals surface area (Å²) in [6.07, 6.45) is 0. The van der Waals surface area contributed by atoms with Crippen LogP contribution in [0.5, 0.6) is 0 Å². The van der Waals surface area contributed by atoms with Gasteiger partial charge in [-0.2, -0.15) is 13.2 Å². The largest absolute Gasteiger partial charge is 0.446 e. The summed E-state index contributed by atoms with van der Waals surface area (Å²) in [5, 5.41) is 5.79. The van der Waals surface area contributed by atoms with E-state index in [2.05, 4.69) is 15.6 Å². The predicted octanol–water partition coefficient (Wildman–Crippen LogP) is 5.52. The zero-order valence-electron chi connectivity index (χ0n) is 21.7. The number of nitrogens with one attached hydrogen (secondary N) is 2. The van der Waals surface area contributed by atoms with Crippen LogP contribution in [0.1, 0.15) is 19.5 Å². The molecule has 41 heavy (non-hydrogen) atoms. The van der Waals surface area contributed by atoms with E-state index in [0.29, 0.717) is 11.4 Å². The van der Waals surface area contributed by atoms with Gasteiger partial charge in [-0.3, -0.25) is 14.4 Å². The Balaban J connectivity index is 1.34. The van der Waals surface area contributed by atoms with E-state index in [-0.39, 0.29) is 46.1 Å². The lowest BCUT2D eigenvalue weighted by Gasteiger charge is -2.27. The van der Waals surface area contributed by atoms with Crippen molar-refractivity contribution in [1.82, 2.24) is 9.88 Å². The van der Waals surface area contributed by atoms with E-state index in [1.807, 2.05) is 6.07 Å². The number of para-hydroxylation sites is 1. The number of anilines is 5. The molecule has 5 rings (SSSR count). The van der Waals surface area contributed by atoms with Gasteiger partial charge in [-0.15, -0.1) is 0 Å². The van der Waals surface area contributed by atoms with Gasteiger partial charge < -0.3 is 15.5 Å². The molecule has 0 radical (unpaired) electrons. The fourth-order valence-electron chi connectivity index (χ4n) is 4.35. The summed E-state index contributed by atoms with van der Waals surface area (Å²) in [5.74, 6) is -0.301. The summed E-state index contributed by atoms with van der Waals surface area (Å²) < 4.78 is 38.0. The molecule has 3 aromatic carbocycles. The van der Waals surface area contributed by atoms with Crippen LogP contribution < -0.4 is 26.4 Å². The van der Waals surface area contributed by atoms with Gasteiger partial charge in [0, 0.05) is 10.6 Å². The van der Waals surface area contributed by atoms with Crippen LogP contribution >= 0.6 is 11.8 Å². The minimum atomic E-state index is -4.46. The van der Waals surface area contributed by atoms with Crippen LogP contribution in [0.3, 0.4) is 0 Å². The van der Waals surface area contributed by atoms with E-state index in [9.17, 15) is 32.3 Å². The van der Waals surface area contributed by atoms with Gasteiger partial charge in [0.25, 0.3) is 16.8 Å². The Morgan fingerprint density at radius 2 is 1.46 bits per heavy atom. The van der Waals surface area contributed by atoms with Gasteiger partial charge in [0.05, 0.1) is 17.9 Å². The summed E-state index contributed by atoms with van der Waals surface area (Å²) in [6.45, 7) is 3.05. The van der Waals surface area contributed by atoms with Crippen LogP contribution in [0, 0.1) is 0 Å². The van der Waals surface area contributed by atoms with Gasteiger partial charge in [-0.25, -0.2) is 14.7 Å². The number of hydrogen-bond donors (Lipinski definition) is 2. The molecule has 4 aromatic rings. The lowest BCUT2D eigenvalue weighted by atomic mass is 10.0. The Kier molecular flexibility index (Phi) is 7.07. The zero-order chi connectivity index (χ0) is 29.5. The molecule has 9 nitrogen and oxygen atoms in total. The number of carbonyl (C=O) groups is 2. The van der Waals surface area contributed by atoms with Gasteiger partial charge in [0.1, 0.15) is 22.7 Å². The maximum atomic E-state index is 13.4. The molecule has 1 aliphatic rings. The van der Waals surface area contributed by atoms with E-state index >= 15 is 0 Å². The van der Waals surface area contributed by atoms with Gasteiger partial charge >= 0.3 is 11.5 Å². The van der Waals surface area contributed by atoms with Gasteiger partial charge in [0.15, 0.2) is 0 Å². The number of amides is 3. The summed E-state index contributed by atoms with van der Waals surface area (Å²) in [7, 11) is 0. The van der Waals surface area contributed by atoms with E-state index < -0.39 is 33.8 Å².